The topological polar surface area (TPSA) is 54.2 Å². The zero-order valence-electron chi connectivity index (χ0n) is 15.2. The first-order chi connectivity index (χ1) is 11.4. The number of guanidine groups is 1. The Balaban J connectivity index is 0.00000312. The van der Waals surface area contributed by atoms with Gasteiger partial charge in [0.15, 0.2) is 5.96 Å². The van der Waals surface area contributed by atoms with Crippen molar-refractivity contribution in [3.05, 3.63) is 52.3 Å². The maximum atomic E-state index is 4.65. The van der Waals surface area contributed by atoms with Gasteiger partial charge >= 0.3 is 0 Å². The smallest absolute Gasteiger partial charge is 0.191 e. The predicted molar refractivity (Wildman–Crippen MR) is 119 cm³/mol. The molecule has 0 amide bonds. The van der Waals surface area contributed by atoms with E-state index in [1.165, 1.54) is 5.56 Å². The minimum atomic E-state index is 0. The van der Waals surface area contributed by atoms with Gasteiger partial charge in [0.1, 0.15) is 0 Å². The summed E-state index contributed by atoms with van der Waals surface area (Å²) in [7, 11) is 1.93. The van der Waals surface area contributed by atoms with E-state index >= 15 is 0 Å². The van der Waals surface area contributed by atoms with E-state index in [9.17, 15) is 0 Å². The first-order valence-electron chi connectivity index (χ1n) is 8.17. The van der Waals surface area contributed by atoms with Crippen molar-refractivity contribution in [1.29, 1.82) is 0 Å². The van der Waals surface area contributed by atoms with Gasteiger partial charge in [0.2, 0.25) is 0 Å². The molecule has 0 saturated carbocycles. The molecule has 2 rings (SSSR count). The van der Waals surface area contributed by atoms with Crippen LogP contribution in [0.2, 0.25) is 0 Å². The number of hydrogen-bond donors (Lipinski definition) is 2. The van der Waals surface area contributed by atoms with Crippen molar-refractivity contribution in [1.82, 2.24) is 20.4 Å². The molecule has 7 heteroatoms. The van der Waals surface area contributed by atoms with Gasteiger partial charge < -0.3 is 10.6 Å². The normalized spacial score (nSPS) is 11.8. The average molecular weight is 520 g/mol. The Hall–Kier alpha value is -1.09. The summed E-state index contributed by atoms with van der Waals surface area (Å²) in [4.78, 5) is 4.65. The van der Waals surface area contributed by atoms with Crippen LogP contribution in [-0.2, 0) is 19.0 Å². The maximum absolute atomic E-state index is 4.65. The monoisotopic (exact) mass is 519 g/mol. The van der Waals surface area contributed by atoms with E-state index in [2.05, 4.69) is 81.7 Å². The molecule has 25 heavy (non-hydrogen) atoms. The van der Waals surface area contributed by atoms with Gasteiger partial charge in [-0.1, -0.05) is 41.9 Å². The van der Waals surface area contributed by atoms with Crippen LogP contribution in [0.1, 0.15) is 32.0 Å². The molecule has 0 bridgehead atoms. The molecule has 1 aromatic heterocycles. The third-order valence-electron chi connectivity index (χ3n) is 3.99. The summed E-state index contributed by atoms with van der Waals surface area (Å²) in [5, 5.41) is 10.9. The Morgan fingerprint density at radius 1 is 1.20 bits per heavy atom. The van der Waals surface area contributed by atoms with E-state index < -0.39 is 0 Å². The van der Waals surface area contributed by atoms with Crippen LogP contribution >= 0.6 is 39.9 Å². The number of nitrogens with zero attached hydrogens (tertiary/aromatic N) is 3. The molecule has 0 aliphatic carbocycles. The van der Waals surface area contributed by atoms with Crippen LogP contribution in [0.5, 0.6) is 0 Å². The number of aliphatic imine (C=N–C) groups is 1. The summed E-state index contributed by atoms with van der Waals surface area (Å²) >= 11 is 3.49. The fraction of sp³-hybridized carbons (Fsp3) is 0.444. The van der Waals surface area contributed by atoms with Gasteiger partial charge in [0.05, 0.1) is 12.2 Å². The fourth-order valence-electron chi connectivity index (χ4n) is 2.37. The Labute approximate surface area is 175 Å². The van der Waals surface area contributed by atoms with Gasteiger partial charge in [0, 0.05) is 36.2 Å². The molecule has 0 radical (unpaired) electrons. The van der Waals surface area contributed by atoms with Crippen LogP contribution in [0.15, 0.2) is 46.0 Å². The van der Waals surface area contributed by atoms with Gasteiger partial charge in [-0.05, 0) is 30.7 Å². The number of aryl methyl sites for hydroxylation is 1. The highest BCUT2D eigenvalue weighted by Crippen LogP contribution is 2.23. The molecule has 0 fully saturated rings. The number of hydrogen-bond acceptors (Lipinski definition) is 2. The first kappa shape index (κ1) is 22.0. The second kappa shape index (κ2) is 10.2. The second-order valence-corrected chi connectivity index (χ2v) is 7.30. The van der Waals surface area contributed by atoms with Gasteiger partial charge in [-0.2, -0.15) is 5.10 Å². The lowest BCUT2D eigenvalue weighted by molar-refractivity contribution is 0.508. The number of halogens is 2. The van der Waals surface area contributed by atoms with Crippen molar-refractivity contribution in [3.8, 4) is 0 Å². The lowest BCUT2D eigenvalue weighted by Crippen LogP contribution is -2.43. The van der Waals surface area contributed by atoms with Crippen molar-refractivity contribution in [3.63, 3.8) is 0 Å². The molecule has 0 atom stereocenters. The van der Waals surface area contributed by atoms with E-state index in [4.69, 9.17) is 0 Å². The summed E-state index contributed by atoms with van der Waals surface area (Å²) in [6.45, 7) is 8.76. The number of benzene rings is 1. The molecule has 1 aromatic carbocycles. The first-order valence-corrected chi connectivity index (χ1v) is 8.97. The molecular weight excluding hydrogens is 493 g/mol. The molecule has 1 heterocycles. The molecule has 2 N–H and O–H groups in total. The summed E-state index contributed by atoms with van der Waals surface area (Å²) in [5.74, 6) is 0.823. The summed E-state index contributed by atoms with van der Waals surface area (Å²) < 4.78 is 2.94. The Morgan fingerprint density at radius 2 is 1.88 bits per heavy atom. The molecule has 0 aliphatic heterocycles. The minimum absolute atomic E-state index is 0. The third-order valence-corrected chi connectivity index (χ3v) is 4.52. The molecule has 0 aliphatic rings. The summed E-state index contributed by atoms with van der Waals surface area (Å²) in [6.07, 6.45) is 1.79. The molecule has 0 saturated heterocycles. The van der Waals surface area contributed by atoms with Crippen molar-refractivity contribution >= 4 is 45.9 Å². The standard InChI is InChI=1S/C18H26BrN5.HI/c1-5-20-17(21-12-16-10-11-23-24(16)4)22-13-18(2,3)14-6-8-15(19)9-7-14;/h6-11H,5,12-13H2,1-4H3,(H2,20,21,22);1H. The third kappa shape index (κ3) is 6.62. The number of rotatable bonds is 6. The van der Waals surface area contributed by atoms with Gasteiger partial charge in [-0.3, -0.25) is 4.68 Å². The van der Waals surface area contributed by atoms with E-state index in [0.717, 1.165) is 29.2 Å². The van der Waals surface area contributed by atoms with Crippen LogP contribution in [0, 0.1) is 0 Å². The van der Waals surface area contributed by atoms with Crippen molar-refractivity contribution in [2.75, 3.05) is 13.1 Å². The zero-order chi connectivity index (χ0) is 17.6. The van der Waals surface area contributed by atoms with Gasteiger partial charge in [-0.25, -0.2) is 4.99 Å². The van der Waals surface area contributed by atoms with Crippen LogP contribution in [-0.4, -0.2) is 28.8 Å². The van der Waals surface area contributed by atoms with Crippen molar-refractivity contribution in [2.45, 2.75) is 32.7 Å². The van der Waals surface area contributed by atoms with E-state index in [1.54, 1.807) is 6.20 Å². The van der Waals surface area contributed by atoms with Crippen LogP contribution in [0.25, 0.3) is 0 Å². The van der Waals surface area contributed by atoms with Gasteiger partial charge in [0.25, 0.3) is 0 Å². The molecule has 2 aromatic rings. The summed E-state index contributed by atoms with van der Waals surface area (Å²) in [6, 6.07) is 10.5. The van der Waals surface area contributed by atoms with E-state index in [0.29, 0.717) is 6.54 Å². The lowest BCUT2D eigenvalue weighted by Gasteiger charge is -2.27. The Bertz CT molecular complexity index is 679. The quantitative estimate of drug-likeness (QED) is 0.346. The highest BCUT2D eigenvalue weighted by molar-refractivity contribution is 14.0. The van der Waals surface area contributed by atoms with Crippen molar-refractivity contribution in [2.24, 2.45) is 12.0 Å². The van der Waals surface area contributed by atoms with Crippen molar-refractivity contribution < 1.29 is 0 Å². The predicted octanol–water partition coefficient (Wildman–Crippen LogP) is 3.83. The zero-order valence-corrected chi connectivity index (χ0v) is 19.1. The van der Waals surface area contributed by atoms with E-state index in [-0.39, 0.29) is 29.4 Å². The number of aromatic nitrogens is 2. The molecular formula is C18H27BrIN5. The molecule has 138 valence electrons. The average Bonchev–Trinajstić information content (AvgIpc) is 2.96. The van der Waals surface area contributed by atoms with E-state index in [1.807, 2.05) is 17.8 Å². The summed E-state index contributed by atoms with van der Waals surface area (Å²) in [5.41, 5.74) is 2.38. The van der Waals surface area contributed by atoms with Crippen LogP contribution in [0.3, 0.4) is 0 Å². The molecule has 5 nitrogen and oxygen atoms in total. The Morgan fingerprint density at radius 3 is 2.44 bits per heavy atom. The fourth-order valence-corrected chi connectivity index (χ4v) is 2.63. The Kier molecular flexibility index (Phi) is 8.92. The highest BCUT2D eigenvalue weighted by Gasteiger charge is 2.20. The maximum Gasteiger partial charge on any atom is 0.191 e. The highest BCUT2D eigenvalue weighted by atomic mass is 127. The van der Waals surface area contributed by atoms with Crippen LogP contribution in [0.4, 0.5) is 0 Å². The van der Waals surface area contributed by atoms with Crippen LogP contribution < -0.4 is 10.6 Å². The minimum Gasteiger partial charge on any atom is -0.357 e. The molecule has 0 unspecified atom stereocenters. The SMILES string of the molecule is CCNC(=NCc1ccnn1C)NCC(C)(C)c1ccc(Br)cc1.I. The largest absolute Gasteiger partial charge is 0.357 e. The van der Waals surface area contributed by atoms with Gasteiger partial charge in [-0.15, -0.1) is 24.0 Å². The lowest BCUT2D eigenvalue weighted by atomic mass is 9.85. The number of nitrogens with one attached hydrogen (secondary N) is 2. The molecule has 0 spiro atoms. The second-order valence-electron chi connectivity index (χ2n) is 6.39.